The fourth-order valence-corrected chi connectivity index (χ4v) is 4.87. The zero-order valence-corrected chi connectivity index (χ0v) is 21.5. The molecule has 3 aromatic rings. The predicted molar refractivity (Wildman–Crippen MR) is 146 cm³/mol. The van der Waals surface area contributed by atoms with Gasteiger partial charge in [-0.1, -0.05) is 56.7 Å². The van der Waals surface area contributed by atoms with Crippen LogP contribution in [0.1, 0.15) is 56.7 Å². The van der Waals surface area contributed by atoms with Crippen LogP contribution in [-0.2, 0) is 0 Å². The number of hydrogen-bond donors (Lipinski definition) is 1. The predicted octanol–water partition coefficient (Wildman–Crippen LogP) is 8.57. The van der Waals surface area contributed by atoms with Gasteiger partial charge in [-0.3, -0.25) is 0 Å². The van der Waals surface area contributed by atoms with Gasteiger partial charge in [0.2, 0.25) is 5.95 Å². The molecule has 4 heteroatoms. The molecular weight excluding hydrogens is 433 g/mol. The molecule has 35 heavy (non-hydrogen) atoms. The van der Waals surface area contributed by atoms with Crippen LogP contribution in [0, 0.1) is 25.6 Å². The molecule has 0 saturated carbocycles. The molecule has 3 nitrogen and oxygen atoms in total. The van der Waals surface area contributed by atoms with Crippen LogP contribution in [-0.4, -0.2) is 9.97 Å². The highest BCUT2D eigenvalue weighted by Gasteiger charge is 2.17. The summed E-state index contributed by atoms with van der Waals surface area (Å²) >= 11 is 0. The van der Waals surface area contributed by atoms with E-state index in [1.807, 2.05) is 6.08 Å². The molecule has 1 aliphatic rings. The Balaban J connectivity index is 1.77. The van der Waals surface area contributed by atoms with Gasteiger partial charge in [0.25, 0.3) is 0 Å². The maximum Gasteiger partial charge on any atom is 0.227 e. The smallest absolute Gasteiger partial charge is 0.227 e. The number of rotatable bonds is 6. The van der Waals surface area contributed by atoms with E-state index in [1.54, 1.807) is 12.3 Å². The maximum atomic E-state index is 14.6. The van der Waals surface area contributed by atoms with Crippen molar-refractivity contribution in [1.82, 2.24) is 9.97 Å². The molecule has 0 aliphatic heterocycles. The second kappa shape index (κ2) is 9.99. The van der Waals surface area contributed by atoms with Crippen molar-refractivity contribution >= 4 is 16.9 Å². The molecule has 1 aliphatic carbocycles. The average Bonchev–Trinajstić information content (AvgIpc) is 2.82. The standard InChI is InChI=1S/C31H34FN3/c1-8-18(3)23-12-21(6)29(22(7)13-23)28-16-25(32)15-24-17-33-31(35-30(24)28)34-26-10-11-27(19(4)9-2)20(5)14-26/h8,10-18,20H,1,9H2,2-7H3,(H,33,34,35)/b27-19+. The van der Waals surface area contributed by atoms with Gasteiger partial charge >= 0.3 is 0 Å². The van der Waals surface area contributed by atoms with E-state index in [0.717, 1.165) is 39.9 Å². The quantitative estimate of drug-likeness (QED) is 0.369. The summed E-state index contributed by atoms with van der Waals surface area (Å²) in [5.74, 6) is 0.769. The molecule has 0 bridgehead atoms. The molecule has 4 rings (SSSR count). The molecule has 2 aromatic carbocycles. The molecule has 2 unspecified atom stereocenters. The Hall–Kier alpha value is -3.53. The number of allylic oxidation sites excluding steroid dienone is 6. The Morgan fingerprint density at radius 3 is 2.51 bits per heavy atom. The number of halogens is 1. The van der Waals surface area contributed by atoms with E-state index in [4.69, 9.17) is 4.98 Å². The number of fused-ring (bicyclic) bond motifs is 1. The van der Waals surface area contributed by atoms with Gasteiger partial charge in [0.15, 0.2) is 0 Å². The van der Waals surface area contributed by atoms with Crippen molar-refractivity contribution in [3.05, 3.63) is 101 Å². The molecule has 0 saturated heterocycles. The van der Waals surface area contributed by atoms with Gasteiger partial charge in [-0.2, -0.15) is 0 Å². The molecular formula is C31H34FN3. The third kappa shape index (κ3) is 4.97. The highest BCUT2D eigenvalue weighted by Crippen LogP contribution is 2.36. The molecule has 2 atom stereocenters. The van der Waals surface area contributed by atoms with E-state index < -0.39 is 0 Å². The van der Waals surface area contributed by atoms with E-state index in [1.165, 1.54) is 22.8 Å². The second-order valence-corrected chi connectivity index (χ2v) is 9.60. The summed E-state index contributed by atoms with van der Waals surface area (Å²) in [5.41, 5.74) is 9.62. The van der Waals surface area contributed by atoms with Crippen LogP contribution >= 0.6 is 0 Å². The highest BCUT2D eigenvalue weighted by molar-refractivity contribution is 5.95. The lowest BCUT2D eigenvalue weighted by Gasteiger charge is -2.19. The van der Waals surface area contributed by atoms with Gasteiger partial charge < -0.3 is 5.32 Å². The monoisotopic (exact) mass is 467 g/mol. The number of nitrogens with one attached hydrogen (secondary N) is 1. The largest absolute Gasteiger partial charge is 0.324 e. The topological polar surface area (TPSA) is 37.8 Å². The fraction of sp³-hybridized carbons (Fsp3) is 0.290. The summed E-state index contributed by atoms with van der Waals surface area (Å²) in [4.78, 5) is 9.33. The summed E-state index contributed by atoms with van der Waals surface area (Å²) < 4.78 is 14.6. The number of anilines is 1. The molecule has 0 radical (unpaired) electrons. The Kier molecular flexibility index (Phi) is 7.02. The van der Waals surface area contributed by atoms with E-state index in [9.17, 15) is 4.39 Å². The van der Waals surface area contributed by atoms with Crippen molar-refractivity contribution in [3.8, 4) is 11.1 Å². The van der Waals surface area contributed by atoms with Gasteiger partial charge in [0.1, 0.15) is 5.82 Å². The van der Waals surface area contributed by atoms with Gasteiger partial charge in [-0.15, -0.1) is 6.58 Å². The fourth-order valence-electron chi connectivity index (χ4n) is 4.87. The Morgan fingerprint density at radius 2 is 1.89 bits per heavy atom. The average molecular weight is 468 g/mol. The first-order valence-corrected chi connectivity index (χ1v) is 12.3. The number of hydrogen-bond acceptors (Lipinski definition) is 3. The van der Waals surface area contributed by atoms with E-state index in [-0.39, 0.29) is 11.7 Å². The first-order valence-electron chi connectivity index (χ1n) is 12.3. The first kappa shape index (κ1) is 24.6. The van der Waals surface area contributed by atoms with Crippen LogP contribution in [0.5, 0.6) is 0 Å². The van der Waals surface area contributed by atoms with Gasteiger partial charge in [-0.25, -0.2) is 14.4 Å². The van der Waals surface area contributed by atoms with Crippen molar-refractivity contribution in [3.63, 3.8) is 0 Å². The number of aryl methyl sites for hydroxylation is 2. The van der Waals surface area contributed by atoms with Crippen molar-refractivity contribution in [1.29, 1.82) is 0 Å². The molecule has 1 aromatic heterocycles. The van der Waals surface area contributed by atoms with Crippen molar-refractivity contribution in [2.45, 2.75) is 53.9 Å². The van der Waals surface area contributed by atoms with Crippen LogP contribution in [0.15, 0.2) is 78.2 Å². The number of benzene rings is 2. The lowest BCUT2D eigenvalue weighted by Crippen LogP contribution is -2.09. The second-order valence-electron chi connectivity index (χ2n) is 9.60. The molecule has 0 spiro atoms. The minimum atomic E-state index is -0.295. The Labute approximate surface area is 208 Å². The number of aromatic nitrogens is 2. The highest BCUT2D eigenvalue weighted by atomic mass is 19.1. The summed E-state index contributed by atoms with van der Waals surface area (Å²) in [7, 11) is 0. The van der Waals surface area contributed by atoms with Gasteiger partial charge in [-0.05, 0) is 79.1 Å². The van der Waals surface area contributed by atoms with Crippen LogP contribution in [0.25, 0.3) is 22.0 Å². The minimum absolute atomic E-state index is 0.250. The number of nitrogens with zero attached hydrogens (tertiary/aromatic N) is 2. The van der Waals surface area contributed by atoms with Crippen molar-refractivity contribution < 1.29 is 4.39 Å². The maximum absolute atomic E-state index is 14.6. The lowest BCUT2D eigenvalue weighted by atomic mass is 9.89. The van der Waals surface area contributed by atoms with Gasteiger partial charge in [0.05, 0.1) is 5.52 Å². The summed E-state index contributed by atoms with van der Waals surface area (Å²) in [6.07, 6.45) is 11.1. The van der Waals surface area contributed by atoms with Gasteiger partial charge in [0, 0.05) is 28.8 Å². The lowest BCUT2D eigenvalue weighted by molar-refractivity contribution is 0.630. The van der Waals surface area contributed by atoms with Crippen LogP contribution < -0.4 is 5.32 Å². The first-order chi connectivity index (χ1) is 16.7. The minimum Gasteiger partial charge on any atom is -0.324 e. The van der Waals surface area contributed by atoms with E-state index in [0.29, 0.717) is 17.3 Å². The van der Waals surface area contributed by atoms with E-state index >= 15 is 0 Å². The molecule has 0 fully saturated rings. The van der Waals surface area contributed by atoms with Crippen LogP contribution in [0.2, 0.25) is 0 Å². The Bertz CT molecular complexity index is 1370. The summed E-state index contributed by atoms with van der Waals surface area (Å²) in [5, 5.41) is 4.04. The SMILES string of the molecule is C=CC(C)c1cc(C)c(-c2cc(F)cc3cnc(NC4=CC(C)/C(=C(\C)CC)C=C4)nc23)c(C)c1. The van der Waals surface area contributed by atoms with Crippen molar-refractivity contribution in [2.24, 2.45) is 5.92 Å². The molecule has 1 heterocycles. The zero-order chi connectivity index (χ0) is 25.3. The third-order valence-electron chi connectivity index (χ3n) is 6.99. The molecule has 1 N–H and O–H groups in total. The normalized spacial score (nSPS) is 17.8. The van der Waals surface area contributed by atoms with E-state index in [2.05, 4.69) is 88.8 Å². The molecule has 0 amide bonds. The van der Waals surface area contributed by atoms with Crippen molar-refractivity contribution in [2.75, 3.05) is 5.32 Å². The zero-order valence-electron chi connectivity index (χ0n) is 21.5. The van der Waals surface area contributed by atoms with Crippen LogP contribution in [0.4, 0.5) is 10.3 Å². The Morgan fingerprint density at radius 1 is 1.17 bits per heavy atom. The summed E-state index contributed by atoms with van der Waals surface area (Å²) in [6.45, 7) is 16.8. The van der Waals surface area contributed by atoms with Crippen LogP contribution in [0.3, 0.4) is 0 Å². The molecule has 180 valence electrons. The third-order valence-corrected chi connectivity index (χ3v) is 6.99. The summed E-state index contributed by atoms with van der Waals surface area (Å²) in [6, 6.07) is 7.40.